The maximum absolute atomic E-state index is 11.9. The van der Waals surface area contributed by atoms with E-state index in [9.17, 15) is 4.79 Å². The van der Waals surface area contributed by atoms with Gasteiger partial charge >= 0.3 is 0 Å². The molecule has 0 radical (unpaired) electrons. The first-order chi connectivity index (χ1) is 10.9. The number of guanidine groups is 1. The molecule has 6 nitrogen and oxygen atoms in total. The standard InChI is InChI=1S/C16H28N4O2S.HI/c1-16(2,3)20-14(21)12-19-15(18-9-11-23-4)17-8-7-13-6-5-10-22-13;/h5-6,10H,7-9,11-12H2,1-4H3,(H,20,21)(H2,17,18,19);1H. The van der Waals surface area contributed by atoms with Crippen LogP contribution in [0.5, 0.6) is 0 Å². The van der Waals surface area contributed by atoms with E-state index in [0.717, 1.165) is 24.5 Å². The molecule has 0 atom stereocenters. The quantitative estimate of drug-likeness (QED) is 0.236. The molecule has 1 heterocycles. The summed E-state index contributed by atoms with van der Waals surface area (Å²) in [6.07, 6.45) is 4.49. The van der Waals surface area contributed by atoms with Crippen LogP contribution in [-0.4, -0.2) is 49.0 Å². The Labute approximate surface area is 166 Å². The van der Waals surface area contributed by atoms with Crippen LogP contribution < -0.4 is 16.0 Å². The van der Waals surface area contributed by atoms with E-state index in [0.29, 0.717) is 12.5 Å². The predicted octanol–water partition coefficient (Wildman–Crippen LogP) is 2.25. The second kappa shape index (κ2) is 12.5. The summed E-state index contributed by atoms with van der Waals surface area (Å²) in [5.74, 6) is 2.46. The molecular weight excluding hydrogens is 439 g/mol. The summed E-state index contributed by atoms with van der Waals surface area (Å²) in [6.45, 7) is 7.45. The van der Waals surface area contributed by atoms with Crippen LogP contribution in [0.4, 0.5) is 0 Å². The van der Waals surface area contributed by atoms with Crippen LogP contribution in [0.1, 0.15) is 26.5 Å². The molecule has 24 heavy (non-hydrogen) atoms. The summed E-state index contributed by atoms with van der Waals surface area (Å²) >= 11 is 1.76. The van der Waals surface area contributed by atoms with Crippen molar-refractivity contribution >= 4 is 47.6 Å². The first kappa shape index (κ1) is 23.1. The lowest BCUT2D eigenvalue weighted by molar-refractivity contribution is -0.121. The Morgan fingerprint density at radius 2 is 2.00 bits per heavy atom. The third-order valence-corrected chi connectivity index (χ3v) is 3.35. The molecule has 3 N–H and O–H groups in total. The van der Waals surface area contributed by atoms with Crippen molar-refractivity contribution in [2.45, 2.75) is 32.7 Å². The molecule has 1 aromatic rings. The van der Waals surface area contributed by atoms with Gasteiger partial charge in [0.05, 0.1) is 6.26 Å². The van der Waals surface area contributed by atoms with Crippen molar-refractivity contribution in [1.29, 1.82) is 0 Å². The van der Waals surface area contributed by atoms with Crippen LogP contribution >= 0.6 is 35.7 Å². The van der Waals surface area contributed by atoms with Gasteiger partial charge in [0.2, 0.25) is 5.91 Å². The average Bonchev–Trinajstić information content (AvgIpc) is 2.95. The van der Waals surface area contributed by atoms with Crippen molar-refractivity contribution < 1.29 is 9.21 Å². The van der Waals surface area contributed by atoms with Gasteiger partial charge in [0.1, 0.15) is 12.3 Å². The van der Waals surface area contributed by atoms with Crippen LogP contribution in [0.15, 0.2) is 27.8 Å². The predicted molar refractivity (Wildman–Crippen MR) is 112 cm³/mol. The lowest BCUT2D eigenvalue weighted by atomic mass is 10.1. The van der Waals surface area contributed by atoms with Crippen molar-refractivity contribution in [2.75, 3.05) is 31.6 Å². The number of thioether (sulfide) groups is 1. The fourth-order valence-electron chi connectivity index (χ4n) is 1.81. The van der Waals surface area contributed by atoms with Gasteiger partial charge in [-0.3, -0.25) is 4.79 Å². The Balaban J connectivity index is 0.00000529. The number of hydrogen-bond donors (Lipinski definition) is 3. The molecule has 0 aliphatic rings. The number of aliphatic imine (C=N–C) groups is 1. The van der Waals surface area contributed by atoms with E-state index in [4.69, 9.17) is 4.42 Å². The highest BCUT2D eigenvalue weighted by Crippen LogP contribution is 2.00. The van der Waals surface area contributed by atoms with Crippen molar-refractivity contribution in [3.63, 3.8) is 0 Å². The first-order valence-electron chi connectivity index (χ1n) is 7.75. The van der Waals surface area contributed by atoms with Crippen LogP contribution in [0.25, 0.3) is 0 Å². The van der Waals surface area contributed by atoms with E-state index < -0.39 is 0 Å². The maximum Gasteiger partial charge on any atom is 0.242 e. The molecular formula is C16H29IN4O2S. The van der Waals surface area contributed by atoms with E-state index in [1.807, 2.05) is 32.9 Å². The number of furan rings is 1. The lowest BCUT2D eigenvalue weighted by Gasteiger charge is -2.20. The van der Waals surface area contributed by atoms with Crippen molar-refractivity contribution in [2.24, 2.45) is 4.99 Å². The van der Waals surface area contributed by atoms with Crippen molar-refractivity contribution in [1.82, 2.24) is 16.0 Å². The molecule has 0 aliphatic heterocycles. The van der Waals surface area contributed by atoms with Gasteiger partial charge in [-0.1, -0.05) is 0 Å². The van der Waals surface area contributed by atoms with Gasteiger partial charge in [0, 0.05) is 30.8 Å². The lowest BCUT2D eigenvalue weighted by Crippen LogP contribution is -2.43. The Kier molecular flexibility index (Phi) is 12.0. The molecule has 138 valence electrons. The van der Waals surface area contributed by atoms with Gasteiger partial charge in [-0.05, 0) is 39.2 Å². The van der Waals surface area contributed by atoms with Crippen LogP contribution in [0.3, 0.4) is 0 Å². The molecule has 1 rings (SSSR count). The summed E-state index contributed by atoms with van der Waals surface area (Å²) < 4.78 is 5.30. The zero-order chi connectivity index (χ0) is 17.1. The Morgan fingerprint density at radius 3 is 2.58 bits per heavy atom. The largest absolute Gasteiger partial charge is 0.469 e. The number of hydrogen-bond acceptors (Lipinski definition) is 4. The van der Waals surface area contributed by atoms with Gasteiger partial charge in [-0.2, -0.15) is 11.8 Å². The highest BCUT2D eigenvalue weighted by atomic mass is 127. The van der Waals surface area contributed by atoms with E-state index in [1.165, 1.54) is 0 Å². The third-order valence-electron chi connectivity index (χ3n) is 2.74. The fourth-order valence-corrected chi connectivity index (χ4v) is 2.12. The molecule has 8 heteroatoms. The second-order valence-electron chi connectivity index (χ2n) is 6.14. The van der Waals surface area contributed by atoms with E-state index in [1.54, 1.807) is 18.0 Å². The van der Waals surface area contributed by atoms with Gasteiger partial charge in [-0.25, -0.2) is 4.99 Å². The Morgan fingerprint density at radius 1 is 1.29 bits per heavy atom. The third kappa shape index (κ3) is 11.6. The SMILES string of the molecule is CSCCNC(=NCC(=O)NC(C)(C)C)NCCc1ccco1.I. The number of rotatable bonds is 8. The molecule has 0 aliphatic carbocycles. The highest BCUT2D eigenvalue weighted by Gasteiger charge is 2.13. The summed E-state index contributed by atoms with van der Waals surface area (Å²) in [5, 5.41) is 9.35. The zero-order valence-corrected chi connectivity index (χ0v) is 18.0. The fraction of sp³-hybridized carbons (Fsp3) is 0.625. The minimum Gasteiger partial charge on any atom is -0.469 e. The Bertz CT molecular complexity index is 487. The van der Waals surface area contributed by atoms with E-state index in [-0.39, 0.29) is 42.0 Å². The molecule has 1 amide bonds. The monoisotopic (exact) mass is 468 g/mol. The van der Waals surface area contributed by atoms with E-state index in [2.05, 4.69) is 27.2 Å². The van der Waals surface area contributed by atoms with Crippen LogP contribution in [0, 0.1) is 0 Å². The molecule has 0 spiro atoms. The normalized spacial score (nSPS) is 11.6. The number of carbonyl (C=O) groups is 1. The van der Waals surface area contributed by atoms with Gasteiger partial charge < -0.3 is 20.4 Å². The summed E-state index contributed by atoms with van der Waals surface area (Å²) in [4.78, 5) is 16.2. The summed E-state index contributed by atoms with van der Waals surface area (Å²) in [6, 6.07) is 3.81. The smallest absolute Gasteiger partial charge is 0.242 e. The summed E-state index contributed by atoms with van der Waals surface area (Å²) in [7, 11) is 0. The number of nitrogens with zero attached hydrogens (tertiary/aromatic N) is 1. The average molecular weight is 468 g/mol. The second-order valence-corrected chi connectivity index (χ2v) is 7.12. The highest BCUT2D eigenvalue weighted by molar-refractivity contribution is 14.0. The van der Waals surface area contributed by atoms with Crippen molar-refractivity contribution in [3.8, 4) is 0 Å². The molecule has 0 aromatic carbocycles. The van der Waals surface area contributed by atoms with Gasteiger partial charge in [0.25, 0.3) is 0 Å². The van der Waals surface area contributed by atoms with Gasteiger partial charge in [0.15, 0.2) is 5.96 Å². The topological polar surface area (TPSA) is 78.7 Å². The van der Waals surface area contributed by atoms with Crippen LogP contribution in [0.2, 0.25) is 0 Å². The van der Waals surface area contributed by atoms with E-state index >= 15 is 0 Å². The number of amides is 1. The molecule has 0 bridgehead atoms. The minimum atomic E-state index is -0.244. The molecule has 0 unspecified atom stereocenters. The zero-order valence-electron chi connectivity index (χ0n) is 14.8. The van der Waals surface area contributed by atoms with Crippen molar-refractivity contribution in [3.05, 3.63) is 24.2 Å². The Hall–Kier alpha value is -0.900. The number of nitrogens with one attached hydrogen (secondary N) is 3. The number of halogens is 1. The molecule has 0 saturated carbocycles. The molecule has 0 fully saturated rings. The van der Waals surface area contributed by atoms with Gasteiger partial charge in [-0.15, -0.1) is 24.0 Å². The summed E-state index contributed by atoms with van der Waals surface area (Å²) in [5.41, 5.74) is -0.244. The maximum atomic E-state index is 11.9. The van der Waals surface area contributed by atoms with Crippen LogP contribution in [-0.2, 0) is 11.2 Å². The first-order valence-corrected chi connectivity index (χ1v) is 9.14. The minimum absolute atomic E-state index is 0. The molecule has 1 aromatic heterocycles. The molecule has 0 saturated heterocycles. The number of carbonyl (C=O) groups excluding carboxylic acids is 1.